The van der Waals surface area contributed by atoms with Crippen LogP contribution in [0.5, 0.6) is 0 Å². The molecule has 0 saturated carbocycles. The van der Waals surface area contributed by atoms with E-state index in [1.807, 2.05) is 29.7 Å². The summed E-state index contributed by atoms with van der Waals surface area (Å²) in [5, 5.41) is 18.3. The fourth-order valence-electron chi connectivity index (χ4n) is 1.95. The van der Waals surface area contributed by atoms with Crippen LogP contribution in [0, 0.1) is 12.8 Å². The lowest BCUT2D eigenvalue weighted by atomic mass is 10.1. The van der Waals surface area contributed by atoms with Crippen molar-refractivity contribution in [2.24, 2.45) is 5.92 Å². The standard InChI is InChI=1S/C14H18ClN3O/c1-9(2)7-18-13(8-19)16-17-14(18)11-5-4-10(3)12(15)6-11/h4-6,9,19H,7-8H2,1-3H3. The molecule has 0 amide bonds. The molecule has 0 atom stereocenters. The van der Waals surface area contributed by atoms with Crippen LogP contribution in [-0.4, -0.2) is 19.9 Å². The Balaban J connectivity index is 2.48. The number of aryl methyl sites for hydroxylation is 1. The predicted molar refractivity (Wildman–Crippen MR) is 76.0 cm³/mol. The minimum absolute atomic E-state index is 0.112. The Kier molecular flexibility index (Phi) is 4.22. The highest BCUT2D eigenvalue weighted by atomic mass is 35.5. The molecular formula is C14H18ClN3O. The molecule has 2 rings (SSSR count). The number of benzene rings is 1. The molecule has 102 valence electrons. The summed E-state index contributed by atoms with van der Waals surface area (Å²) in [6.45, 7) is 6.85. The molecule has 1 N–H and O–H groups in total. The maximum Gasteiger partial charge on any atom is 0.164 e. The molecule has 1 aromatic heterocycles. The quantitative estimate of drug-likeness (QED) is 0.936. The summed E-state index contributed by atoms with van der Waals surface area (Å²) >= 11 is 6.16. The summed E-state index contributed by atoms with van der Waals surface area (Å²) < 4.78 is 1.95. The van der Waals surface area contributed by atoms with Crippen LogP contribution in [0.3, 0.4) is 0 Å². The molecule has 1 aromatic carbocycles. The van der Waals surface area contributed by atoms with E-state index in [1.54, 1.807) is 0 Å². The first-order valence-corrected chi connectivity index (χ1v) is 6.70. The molecule has 0 aliphatic heterocycles. The maximum atomic E-state index is 9.34. The maximum absolute atomic E-state index is 9.34. The van der Waals surface area contributed by atoms with Crippen molar-refractivity contribution in [1.82, 2.24) is 14.8 Å². The zero-order valence-electron chi connectivity index (χ0n) is 11.4. The van der Waals surface area contributed by atoms with Crippen molar-refractivity contribution in [3.8, 4) is 11.4 Å². The molecule has 0 aliphatic rings. The lowest BCUT2D eigenvalue weighted by Gasteiger charge is -2.12. The molecule has 0 aliphatic carbocycles. The highest BCUT2D eigenvalue weighted by molar-refractivity contribution is 6.31. The van der Waals surface area contributed by atoms with Crippen molar-refractivity contribution in [2.45, 2.75) is 33.9 Å². The highest BCUT2D eigenvalue weighted by Crippen LogP contribution is 2.25. The molecule has 0 fully saturated rings. The number of aromatic nitrogens is 3. The van der Waals surface area contributed by atoms with Gasteiger partial charge in [0.05, 0.1) is 0 Å². The number of aliphatic hydroxyl groups is 1. The van der Waals surface area contributed by atoms with Gasteiger partial charge in [0, 0.05) is 17.1 Å². The minimum Gasteiger partial charge on any atom is -0.388 e. The van der Waals surface area contributed by atoms with E-state index in [-0.39, 0.29) is 6.61 Å². The smallest absolute Gasteiger partial charge is 0.164 e. The van der Waals surface area contributed by atoms with Crippen molar-refractivity contribution >= 4 is 11.6 Å². The number of nitrogens with zero attached hydrogens (tertiary/aromatic N) is 3. The number of hydrogen-bond acceptors (Lipinski definition) is 3. The van der Waals surface area contributed by atoms with Gasteiger partial charge in [-0.05, 0) is 24.5 Å². The largest absolute Gasteiger partial charge is 0.388 e. The van der Waals surface area contributed by atoms with Crippen molar-refractivity contribution in [1.29, 1.82) is 0 Å². The Morgan fingerprint density at radius 3 is 2.63 bits per heavy atom. The van der Waals surface area contributed by atoms with Crippen LogP contribution < -0.4 is 0 Å². The van der Waals surface area contributed by atoms with Crippen LogP contribution >= 0.6 is 11.6 Å². The first-order valence-electron chi connectivity index (χ1n) is 6.32. The Labute approximate surface area is 118 Å². The minimum atomic E-state index is -0.112. The Morgan fingerprint density at radius 2 is 2.05 bits per heavy atom. The Bertz CT molecular complexity index is 578. The lowest BCUT2D eigenvalue weighted by molar-refractivity contribution is 0.262. The summed E-state index contributed by atoms with van der Waals surface area (Å²) in [6.07, 6.45) is 0. The second-order valence-corrected chi connectivity index (χ2v) is 5.47. The number of halogens is 1. The average Bonchev–Trinajstić information content (AvgIpc) is 2.75. The van der Waals surface area contributed by atoms with Crippen LogP contribution in [0.4, 0.5) is 0 Å². The summed E-state index contributed by atoms with van der Waals surface area (Å²) in [5.74, 6) is 1.78. The lowest BCUT2D eigenvalue weighted by Crippen LogP contribution is -2.10. The fraction of sp³-hybridized carbons (Fsp3) is 0.429. The second-order valence-electron chi connectivity index (χ2n) is 5.07. The van der Waals surface area contributed by atoms with E-state index < -0.39 is 0 Å². The van der Waals surface area contributed by atoms with E-state index in [2.05, 4.69) is 24.0 Å². The van der Waals surface area contributed by atoms with E-state index in [4.69, 9.17) is 11.6 Å². The van der Waals surface area contributed by atoms with Crippen LogP contribution in [0.2, 0.25) is 5.02 Å². The first-order chi connectivity index (χ1) is 9.02. The molecule has 5 heteroatoms. The van der Waals surface area contributed by atoms with Gasteiger partial charge >= 0.3 is 0 Å². The molecule has 0 spiro atoms. The monoisotopic (exact) mass is 279 g/mol. The van der Waals surface area contributed by atoms with Crippen molar-refractivity contribution in [3.05, 3.63) is 34.6 Å². The van der Waals surface area contributed by atoms with E-state index in [1.165, 1.54) is 0 Å². The Hall–Kier alpha value is -1.39. The van der Waals surface area contributed by atoms with E-state index in [0.29, 0.717) is 16.8 Å². The molecule has 0 unspecified atom stereocenters. The number of hydrogen-bond donors (Lipinski definition) is 1. The molecule has 2 aromatic rings. The van der Waals surface area contributed by atoms with Gasteiger partial charge in [0.1, 0.15) is 6.61 Å². The van der Waals surface area contributed by atoms with Crippen LogP contribution in [0.15, 0.2) is 18.2 Å². The summed E-state index contributed by atoms with van der Waals surface area (Å²) in [5.41, 5.74) is 1.95. The third-order valence-corrected chi connectivity index (χ3v) is 3.35. The predicted octanol–water partition coefficient (Wildman–Crippen LogP) is 3.06. The molecule has 0 radical (unpaired) electrons. The third-order valence-electron chi connectivity index (χ3n) is 2.95. The van der Waals surface area contributed by atoms with Gasteiger partial charge in [-0.2, -0.15) is 0 Å². The highest BCUT2D eigenvalue weighted by Gasteiger charge is 2.14. The molecular weight excluding hydrogens is 262 g/mol. The zero-order chi connectivity index (χ0) is 14.0. The second kappa shape index (κ2) is 5.72. The van der Waals surface area contributed by atoms with Gasteiger partial charge in [-0.3, -0.25) is 0 Å². The van der Waals surface area contributed by atoms with Gasteiger partial charge in [0.25, 0.3) is 0 Å². The number of rotatable bonds is 4. The SMILES string of the molecule is Cc1ccc(-c2nnc(CO)n2CC(C)C)cc1Cl. The summed E-state index contributed by atoms with van der Waals surface area (Å²) in [7, 11) is 0. The average molecular weight is 280 g/mol. The van der Waals surface area contributed by atoms with Crippen LogP contribution in [-0.2, 0) is 13.2 Å². The van der Waals surface area contributed by atoms with E-state index in [9.17, 15) is 5.11 Å². The van der Waals surface area contributed by atoms with Gasteiger partial charge in [-0.25, -0.2) is 0 Å². The molecule has 0 bridgehead atoms. The third kappa shape index (κ3) is 2.96. The van der Waals surface area contributed by atoms with Crippen LogP contribution in [0.1, 0.15) is 25.2 Å². The zero-order valence-corrected chi connectivity index (χ0v) is 12.1. The van der Waals surface area contributed by atoms with Crippen molar-refractivity contribution in [3.63, 3.8) is 0 Å². The van der Waals surface area contributed by atoms with Gasteiger partial charge in [-0.1, -0.05) is 37.6 Å². The summed E-state index contributed by atoms with van der Waals surface area (Å²) in [6, 6.07) is 5.83. The Morgan fingerprint density at radius 1 is 1.32 bits per heavy atom. The fourth-order valence-corrected chi connectivity index (χ4v) is 2.14. The molecule has 19 heavy (non-hydrogen) atoms. The van der Waals surface area contributed by atoms with Gasteiger partial charge in [0.15, 0.2) is 11.6 Å². The first kappa shape index (κ1) is 14.0. The van der Waals surface area contributed by atoms with Crippen molar-refractivity contribution in [2.75, 3.05) is 0 Å². The van der Waals surface area contributed by atoms with Gasteiger partial charge in [-0.15, -0.1) is 10.2 Å². The van der Waals surface area contributed by atoms with Crippen LogP contribution in [0.25, 0.3) is 11.4 Å². The van der Waals surface area contributed by atoms with Gasteiger partial charge in [0.2, 0.25) is 0 Å². The molecule has 1 heterocycles. The topological polar surface area (TPSA) is 50.9 Å². The van der Waals surface area contributed by atoms with Crippen molar-refractivity contribution < 1.29 is 5.11 Å². The molecule has 4 nitrogen and oxygen atoms in total. The normalized spacial score (nSPS) is 11.3. The van der Waals surface area contributed by atoms with Gasteiger partial charge < -0.3 is 9.67 Å². The molecule has 0 saturated heterocycles. The van der Waals surface area contributed by atoms with E-state index >= 15 is 0 Å². The number of aliphatic hydroxyl groups excluding tert-OH is 1. The summed E-state index contributed by atoms with van der Waals surface area (Å²) in [4.78, 5) is 0. The van der Waals surface area contributed by atoms with E-state index in [0.717, 1.165) is 23.5 Å².